The van der Waals surface area contributed by atoms with E-state index in [1.54, 1.807) is 26.1 Å². The number of hydrogen-bond acceptors (Lipinski definition) is 3. The first-order valence-electron chi connectivity index (χ1n) is 5.35. The minimum Gasteiger partial charge on any atom is -0.372 e. The van der Waals surface area contributed by atoms with Gasteiger partial charge in [-0.3, -0.25) is 0 Å². The summed E-state index contributed by atoms with van der Waals surface area (Å²) in [6.07, 6.45) is 0.0460. The molecule has 0 amide bonds. The maximum atomic E-state index is 12.2. The maximum absolute atomic E-state index is 12.2. The van der Waals surface area contributed by atoms with Gasteiger partial charge in [-0.05, 0) is 19.1 Å². The Morgan fingerprint density at radius 1 is 1.53 bits per heavy atom. The van der Waals surface area contributed by atoms with Gasteiger partial charge in [-0.15, -0.1) is 0 Å². The van der Waals surface area contributed by atoms with E-state index in [0.29, 0.717) is 18.6 Å². The van der Waals surface area contributed by atoms with Crippen LogP contribution in [0.4, 0.5) is 0 Å². The number of rotatable bonds is 4. The Morgan fingerprint density at radius 3 is 2.71 bits per heavy atom. The van der Waals surface area contributed by atoms with Crippen molar-refractivity contribution < 1.29 is 13.2 Å². The average Bonchev–Trinajstić information content (AvgIpc) is 3.05. The summed E-state index contributed by atoms with van der Waals surface area (Å²) >= 11 is 0. The fourth-order valence-corrected chi connectivity index (χ4v) is 2.84. The number of benzene rings is 1. The van der Waals surface area contributed by atoms with Gasteiger partial charge in [0.15, 0.2) is 0 Å². The molecule has 0 aromatic heterocycles. The van der Waals surface area contributed by atoms with Gasteiger partial charge in [0, 0.05) is 13.6 Å². The van der Waals surface area contributed by atoms with Gasteiger partial charge >= 0.3 is 0 Å². The molecule has 0 aliphatic carbocycles. The Bertz CT molecular complexity index is 526. The van der Waals surface area contributed by atoms with Crippen molar-refractivity contribution in [3.05, 3.63) is 23.8 Å². The standard InChI is InChI=1S/C11H14BNO3S/c1-8-5-10(3-4-11(8)12)17(14,15)13(2)6-9-7-16-9/h3-5,9H,6-7H2,1-2H3. The highest BCUT2D eigenvalue weighted by Crippen LogP contribution is 2.18. The third-order valence-corrected chi connectivity index (χ3v) is 4.63. The van der Waals surface area contributed by atoms with Crippen molar-refractivity contribution in [2.24, 2.45) is 0 Å². The van der Waals surface area contributed by atoms with Crippen LogP contribution in [0.2, 0.25) is 0 Å². The molecule has 90 valence electrons. The number of aryl methyl sites for hydroxylation is 1. The minimum atomic E-state index is -3.44. The molecule has 1 unspecified atom stereocenters. The van der Waals surface area contributed by atoms with Crippen LogP contribution in [0.15, 0.2) is 23.1 Å². The van der Waals surface area contributed by atoms with Crippen LogP contribution in [-0.4, -0.2) is 46.9 Å². The van der Waals surface area contributed by atoms with Crippen LogP contribution in [-0.2, 0) is 14.8 Å². The summed E-state index contributed by atoms with van der Waals surface area (Å²) in [5.41, 5.74) is 1.36. The molecule has 1 aliphatic rings. The molecule has 0 saturated carbocycles. The third-order valence-electron chi connectivity index (χ3n) is 2.81. The highest BCUT2D eigenvalue weighted by atomic mass is 32.2. The first-order chi connectivity index (χ1) is 7.91. The second kappa shape index (κ2) is 4.44. The molecule has 0 bridgehead atoms. The topological polar surface area (TPSA) is 49.9 Å². The van der Waals surface area contributed by atoms with E-state index in [0.717, 1.165) is 5.56 Å². The van der Waals surface area contributed by atoms with Crippen molar-refractivity contribution in [1.82, 2.24) is 4.31 Å². The fraction of sp³-hybridized carbons (Fsp3) is 0.455. The van der Waals surface area contributed by atoms with Crippen molar-refractivity contribution in [3.63, 3.8) is 0 Å². The van der Waals surface area contributed by atoms with E-state index in [-0.39, 0.29) is 11.0 Å². The lowest BCUT2D eigenvalue weighted by atomic mass is 9.92. The monoisotopic (exact) mass is 251 g/mol. The molecular formula is C11H14BNO3S. The second-order valence-corrected chi connectivity index (χ2v) is 6.30. The number of ether oxygens (including phenoxy) is 1. The van der Waals surface area contributed by atoms with Gasteiger partial charge in [-0.1, -0.05) is 17.1 Å². The predicted molar refractivity (Wildman–Crippen MR) is 66.1 cm³/mol. The van der Waals surface area contributed by atoms with E-state index < -0.39 is 10.0 Å². The molecule has 2 rings (SSSR count). The Balaban J connectivity index is 2.26. The highest BCUT2D eigenvalue weighted by Gasteiger charge is 2.30. The molecule has 1 atom stereocenters. The van der Waals surface area contributed by atoms with Crippen LogP contribution < -0.4 is 5.46 Å². The molecule has 6 heteroatoms. The van der Waals surface area contributed by atoms with Crippen LogP contribution in [0.5, 0.6) is 0 Å². The molecule has 1 aromatic rings. The zero-order chi connectivity index (χ0) is 12.6. The molecule has 2 radical (unpaired) electrons. The zero-order valence-electron chi connectivity index (χ0n) is 9.88. The zero-order valence-corrected chi connectivity index (χ0v) is 10.7. The third kappa shape index (κ3) is 2.70. The van der Waals surface area contributed by atoms with E-state index in [1.165, 1.54) is 10.4 Å². The Morgan fingerprint density at radius 2 is 2.18 bits per heavy atom. The van der Waals surface area contributed by atoms with Crippen molar-refractivity contribution in [2.45, 2.75) is 17.9 Å². The summed E-state index contributed by atoms with van der Waals surface area (Å²) in [5.74, 6) is 0. The first-order valence-corrected chi connectivity index (χ1v) is 6.79. The molecular weight excluding hydrogens is 237 g/mol. The minimum absolute atomic E-state index is 0.0460. The number of likely N-dealkylation sites (N-methyl/N-ethyl adjacent to an activating group) is 1. The number of hydrogen-bond donors (Lipinski definition) is 0. The predicted octanol–water partition coefficient (Wildman–Crippen LogP) is -0.192. The van der Waals surface area contributed by atoms with Crippen LogP contribution in [0.1, 0.15) is 5.56 Å². The van der Waals surface area contributed by atoms with Crippen molar-refractivity contribution >= 4 is 23.3 Å². The van der Waals surface area contributed by atoms with Crippen molar-refractivity contribution in [1.29, 1.82) is 0 Å². The lowest BCUT2D eigenvalue weighted by Gasteiger charge is -2.16. The quantitative estimate of drug-likeness (QED) is 0.550. The summed E-state index contributed by atoms with van der Waals surface area (Å²) in [5, 5.41) is 0. The van der Waals surface area contributed by atoms with Gasteiger partial charge in [0.25, 0.3) is 0 Å². The lowest BCUT2D eigenvalue weighted by molar-refractivity contribution is 0.359. The molecule has 4 nitrogen and oxygen atoms in total. The van der Waals surface area contributed by atoms with Crippen LogP contribution in [0.25, 0.3) is 0 Å². The maximum Gasteiger partial charge on any atom is 0.242 e. The van der Waals surface area contributed by atoms with Crippen molar-refractivity contribution in [2.75, 3.05) is 20.2 Å². The fourth-order valence-electron chi connectivity index (χ4n) is 1.55. The van der Waals surface area contributed by atoms with E-state index in [9.17, 15) is 8.42 Å². The van der Waals surface area contributed by atoms with Gasteiger partial charge < -0.3 is 4.74 Å². The van der Waals surface area contributed by atoms with Crippen LogP contribution >= 0.6 is 0 Å². The Kier molecular flexibility index (Phi) is 3.29. The van der Waals surface area contributed by atoms with E-state index in [4.69, 9.17) is 12.6 Å². The smallest absolute Gasteiger partial charge is 0.242 e. The molecule has 1 aliphatic heterocycles. The van der Waals surface area contributed by atoms with E-state index in [2.05, 4.69) is 0 Å². The van der Waals surface area contributed by atoms with Crippen LogP contribution in [0.3, 0.4) is 0 Å². The average molecular weight is 251 g/mol. The second-order valence-electron chi connectivity index (χ2n) is 4.26. The summed E-state index contributed by atoms with van der Waals surface area (Å²) in [6.45, 7) is 2.82. The van der Waals surface area contributed by atoms with Crippen molar-refractivity contribution in [3.8, 4) is 0 Å². The van der Waals surface area contributed by atoms with Crippen LogP contribution in [0, 0.1) is 6.92 Å². The van der Waals surface area contributed by atoms with Gasteiger partial charge in [-0.2, -0.15) is 4.31 Å². The van der Waals surface area contributed by atoms with E-state index >= 15 is 0 Å². The molecule has 0 spiro atoms. The highest BCUT2D eigenvalue weighted by molar-refractivity contribution is 7.89. The molecule has 1 heterocycles. The summed E-state index contributed by atoms with van der Waals surface area (Å²) in [6, 6.07) is 4.74. The van der Waals surface area contributed by atoms with Gasteiger partial charge in [-0.25, -0.2) is 8.42 Å². The summed E-state index contributed by atoms with van der Waals surface area (Å²) in [4.78, 5) is 0.271. The van der Waals surface area contributed by atoms with Gasteiger partial charge in [0.2, 0.25) is 10.0 Å². The van der Waals surface area contributed by atoms with E-state index in [1.807, 2.05) is 0 Å². The Hall–Kier alpha value is -0.845. The molecule has 1 aromatic carbocycles. The number of sulfonamides is 1. The molecule has 1 saturated heterocycles. The normalized spacial score (nSPS) is 19.6. The molecule has 17 heavy (non-hydrogen) atoms. The SMILES string of the molecule is [B]c1ccc(S(=O)(=O)N(C)CC2CO2)cc1C. The summed E-state index contributed by atoms with van der Waals surface area (Å²) < 4.78 is 30.7. The largest absolute Gasteiger partial charge is 0.372 e. The number of epoxide rings is 1. The Labute approximate surface area is 103 Å². The lowest BCUT2D eigenvalue weighted by Crippen LogP contribution is -2.30. The van der Waals surface area contributed by atoms with Gasteiger partial charge in [0.05, 0.1) is 17.6 Å². The van der Waals surface area contributed by atoms with Gasteiger partial charge in [0.1, 0.15) is 7.85 Å². The summed E-state index contributed by atoms with van der Waals surface area (Å²) in [7, 11) is 3.79. The first kappa shape index (κ1) is 12.6. The number of nitrogens with zero attached hydrogens (tertiary/aromatic N) is 1. The molecule has 0 N–H and O–H groups in total. The molecule has 1 fully saturated rings.